The number of nitrogens with two attached hydrogens (primary N) is 1. The number of methoxy groups -OCH3 is 1. The molecule has 2 aromatic rings. The van der Waals surface area contributed by atoms with Gasteiger partial charge in [0.1, 0.15) is 11.6 Å². The molecule has 19 heavy (non-hydrogen) atoms. The van der Waals surface area contributed by atoms with E-state index in [1.165, 1.54) is 0 Å². The van der Waals surface area contributed by atoms with Gasteiger partial charge in [0.15, 0.2) is 0 Å². The Labute approximate surface area is 117 Å². The molecule has 1 heterocycles. The molecule has 0 aliphatic rings. The van der Waals surface area contributed by atoms with E-state index in [-0.39, 0.29) is 6.04 Å². The van der Waals surface area contributed by atoms with Crippen molar-refractivity contribution < 1.29 is 4.74 Å². The Bertz CT molecular complexity index is 557. The SMILES string of the molecule is COc1ccc(Cl)cc1CC(N)c1ncc(C)cn1. The average molecular weight is 278 g/mol. The number of rotatable bonds is 4. The van der Waals surface area contributed by atoms with E-state index in [2.05, 4.69) is 9.97 Å². The highest BCUT2D eigenvalue weighted by Gasteiger charge is 2.13. The van der Waals surface area contributed by atoms with E-state index in [0.29, 0.717) is 17.3 Å². The van der Waals surface area contributed by atoms with Crippen LogP contribution in [0.15, 0.2) is 30.6 Å². The summed E-state index contributed by atoms with van der Waals surface area (Å²) in [6.07, 6.45) is 4.10. The molecule has 0 aliphatic carbocycles. The van der Waals surface area contributed by atoms with Crippen LogP contribution in [0.2, 0.25) is 5.02 Å². The van der Waals surface area contributed by atoms with Crippen molar-refractivity contribution in [3.63, 3.8) is 0 Å². The zero-order valence-corrected chi connectivity index (χ0v) is 11.7. The fourth-order valence-electron chi connectivity index (χ4n) is 1.83. The van der Waals surface area contributed by atoms with E-state index in [9.17, 15) is 0 Å². The predicted molar refractivity (Wildman–Crippen MR) is 75.4 cm³/mol. The minimum absolute atomic E-state index is 0.284. The molecule has 0 radical (unpaired) electrons. The van der Waals surface area contributed by atoms with Gasteiger partial charge in [0.2, 0.25) is 0 Å². The Balaban J connectivity index is 2.20. The van der Waals surface area contributed by atoms with E-state index in [1.807, 2.05) is 19.1 Å². The molecule has 1 aromatic carbocycles. The summed E-state index contributed by atoms with van der Waals surface area (Å²) in [5, 5.41) is 0.660. The molecule has 0 spiro atoms. The molecule has 100 valence electrons. The van der Waals surface area contributed by atoms with Gasteiger partial charge in [0, 0.05) is 17.4 Å². The highest BCUT2D eigenvalue weighted by Crippen LogP contribution is 2.26. The van der Waals surface area contributed by atoms with Crippen LogP contribution in [-0.2, 0) is 6.42 Å². The lowest BCUT2D eigenvalue weighted by Crippen LogP contribution is -2.17. The third-order valence-electron chi connectivity index (χ3n) is 2.81. The van der Waals surface area contributed by atoms with Crippen molar-refractivity contribution >= 4 is 11.6 Å². The monoisotopic (exact) mass is 277 g/mol. The van der Waals surface area contributed by atoms with Gasteiger partial charge in [0.05, 0.1) is 13.2 Å². The molecule has 0 bridgehead atoms. The molecule has 1 aromatic heterocycles. The second-order valence-electron chi connectivity index (χ2n) is 4.39. The Morgan fingerprint density at radius 3 is 2.63 bits per heavy atom. The highest BCUT2D eigenvalue weighted by atomic mass is 35.5. The second-order valence-corrected chi connectivity index (χ2v) is 4.82. The Morgan fingerprint density at radius 2 is 2.00 bits per heavy atom. The molecular formula is C14H16ClN3O. The first-order valence-corrected chi connectivity index (χ1v) is 6.34. The lowest BCUT2D eigenvalue weighted by Gasteiger charge is -2.13. The van der Waals surface area contributed by atoms with Crippen LogP contribution >= 0.6 is 11.6 Å². The van der Waals surface area contributed by atoms with E-state index < -0.39 is 0 Å². The van der Waals surface area contributed by atoms with Crippen molar-refractivity contribution in [1.82, 2.24) is 9.97 Å². The molecule has 0 saturated heterocycles. The Kier molecular flexibility index (Phi) is 4.35. The summed E-state index contributed by atoms with van der Waals surface area (Å²) >= 11 is 6.00. The quantitative estimate of drug-likeness (QED) is 0.933. The molecule has 1 atom stereocenters. The molecule has 0 aliphatic heterocycles. The molecular weight excluding hydrogens is 262 g/mol. The van der Waals surface area contributed by atoms with E-state index >= 15 is 0 Å². The van der Waals surface area contributed by atoms with Crippen molar-refractivity contribution in [1.29, 1.82) is 0 Å². The highest BCUT2D eigenvalue weighted by molar-refractivity contribution is 6.30. The number of nitrogens with zero attached hydrogens (tertiary/aromatic N) is 2. The van der Waals surface area contributed by atoms with Gasteiger partial charge < -0.3 is 10.5 Å². The van der Waals surface area contributed by atoms with Crippen LogP contribution in [0.25, 0.3) is 0 Å². The summed E-state index contributed by atoms with van der Waals surface area (Å²) in [5.41, 5.74) is 8.09. The van der Waals surface area contributed by atoms with Gasteiger partial charge in [0.25, 0.3) is 0 Å². The fraction of sp³-hybridized carbons (Fsp3) is 0.286. The normalized spacial score (nSPS) is 12.2. The minimum atomic E-state index is -0.284. The lowest BCUT2D eigenvalue weighted by molar-refractivity contribution is 0.407. The third kappa shape index (κ3) is 3.43. The van der Waals surface area contributed by atoms with Crippen molar-refractivity contribution in [2.24, 2.45) is 5.73 Å². The number of aromatic nitrogens is 2. The summed E-state index contributed by atoms with van der Waals surface area (Å²) in [5.74, 6) is 1.39. The fourth-order valence-corrected chi connectivity index (χ4v) is 2.02. The molecule has 4 nitrogen and oxygen atoms in total. The zero-order chi connectivity index (χ0) is 13.8. The summed E-state index contributed by atoms with van der Waals surface area (Å²) in [6, 6.07) is 5.19. The number of benzene rings is 1. The smallest absolute Gasteiger partial charge is 0.145 e. The standard InChI is InChI=1S/C14H16ClN3O/c1-9-7-17-14(18-8-9)12(16)6-10-5-11(15)3-4-13(10)19-2/h3-5,7-8,12H,6,16H2,1-2H3. The van der Waals surface area contributed by atoms with Gasteiger partial charge in [-0.25, -0.2) is 9.97 Å². The largest absolute Gasteiger partial charge is 0.496 e. The second kappa shape index (κ2) is 5.99. The van der Waals surface area contributed by atoms with Gasteiger partial charge in [-0.05, 0) is 42.7 Å². The summed E-state index contributed by atoms with van der Waals surface area (Å²) in [7, 11) is 1.63. The van der Waals surface area contributed by atoms with Crippen molar-refractivity contribution in [2.75, 3.05) is 7.11 Å². The average Bonchev–Trinajstić information content (AvgIpc) is 2.39. The Hall–Kier alpha value is -1.65. The first kappa shape index (κ1) is 13.8. The number of halogens is 1. The van der Waals surface area contributed by atoms with Crippen molar-refractivity contribution in [3.05, 3.63) is 52.6 Å². The van der Waals surface area contributed by atoms with Gasteiger partial charge in [-0.2, -0.15) is 0 Å². The van der Waals surface area contributed by atoms with Crippen LogP contribution in [0.3, 0.4) is 0 Å². The van der Waals surface area contributed by atoms with Gasteiger partial charge in [-0.1, -0.05) is 11.6 Å². The van der Waals surface area contributed by atoms with Crippen LogP contribution in [0.4, 0.5) is 0 Å². The number of hydrogen-bond acceptors (Lipinski definition) is 4. The van der Waals surface area contributed by atoms with Crippen molar-refractivity contribution in [2.45, 2.75) is 19.4 Å². The van der Waals surface area contributed by atoms with Gasteiger partial charge in [-0.15, -0.1) is 0 Å². The number of ether oxygens (including phenoxy) is 1. The summed E-state index contributed by atoms with van der Waals surface area (Å²) in [4.78, 5) is 8.48. The summed E-state index contributed by atoms with van der Waals surface area (Å²) in [6.45, 7) is 1.94. The van der Waals surface area contributed by atoms with Crippen LogP contribution in [0, 0.1) is 6.92 Å². The summed E-state index contributed by atoms with van der Waals surface area (Å²) < 4.78 is 5.30. The molecule has 2 rings (SSSR count). The molecule has 0 saturated carbocycles. The van der Waals surface area contributed by atoms with Gasteiger partial charge in [-0.3, -0.25) is 0 Å². The first-order chi connectivity index (χ1) is 9.10. The van der Waals surface area contributed by atoms with Crippen LogP contribution in [-0.4, -0.2) is 17.1 Å². The zero-order valence-electron chi connectivity index (χ0n) is 10.9. The maximum atomic E-state index is 6.13. The number of aryl methyl sites for hydroxylation is 1. The van der Waals surface area contributed by atoms with E-state index in [0.717, 1.165) is 16.9 Å². The van der Waals surface area contributed by atoms with E-state index in [1.54, 1.807) is 25.6 Å². The molecule has 0 fully saturated rings. The molecule has 1 unspecified atom stereocenters. The van der Waals surface area contributed by atoms with Crippen LogP contribution in [0.1, 0.15) is 23.0 Å². The first-order valence-electron chi connectivity index (χ1n) is 5.96. The Morgan fingerprint density at radius 1 is 1.32 bits per heavy atom. The van der Waals surface area contributed by atoms with E-state index in [4.69, 9.17) is 22.1 Å². The minimum Gasteiger partial charge on any atom is -0.496 e. The third-order valence-corrected chi connectivity index (χ3v) is 3.05. The maximum Gasteiger partial charge on any atom is 0.145 e. The topological polar surface area (TPSA) is 61.0 Å². The molecule has 2 N–H and O–H groups in total. The molecule has 0 amide bonds. The molecule has 5 heteroatoms. The lowest BCUT2D eigenvalue weighted by atomic mass is 10.0. The van der Waals surface area contributed by atoms with Crippen molar-refractivity contribution in [3.8, 4) is 5.75 Å². The van der Waals surface area contributed by atoms with Crippen LogP contribution < -0.4 is 10.5 Å². The van der Waals surface area contributed by atoms with Crippen LogP contribution in [0.5, 0.6) is 5.75 Å². The maximum absolute atomic E-state index is 6.13. The number of hydrogen-bond donors (Lipinski definition) is 1. The van der Waals surface area contributed by atoms with Gasteiger partial charge >= 0.3 is 0 Å². The predicted octanol–water partition coefficient (Wildman–Crippen LogP) is 2.69.